The van der Waals surface area contributed by atoms with Gasteiger partial charge in [-0.2, -0.15) is 5.26 Å². The number of rotatable bonds is 5. The van der Waals surface area contributed by atoms with Gasteiger partial charge in [0.05, 0.1) is 19.8 Å². The number of carbonyl (C=O) groups excluding carboxylic acids is 2. The Morgan fingerprint density at radius 3 is 2.57 bits per heavy atom. The molecule has 0 saturated heterocycles. The van der Waals surface area contributed by atoms with Crippen molar-refractivity contribution in [2.75, 3.05) is 13.7 Å². The second-order valence-electron chi connectivity index (χ2n) is 4.43. The summed E-state index contributed by atoms with van der Waals surface area (Å²) in [5.41, 5.74) is 0.936. The fraction of sp³-hybridized carbons (Fsp3) is 0.278. The summed E-state index contributed by atoms with van der Waals surface area (Å²) in [6.45, 7) is 1.82. The molecule has 1 aromatic rings. The van der Waals surface area contributed by atoms with Gasteiger partial charge in [0.2, 0.25) is 0 Å². The lowest BCUT2D eigenvalue weighted by atomic mass is 10.0. The smallest absolute Gasteiger partial charge is 0.334 e. The van der Waals surface area contributed by atoms with Crippen LogP contribution in [0.2, 0.25) is 0 Å². The Morgan fingerprint density at radius 1 is 1.30 bits per heavy atom. The summed E-state index contributed by atoms with van der Waals surface area (Å²) in [7, 11) is 1.23. The molecule has 1 rings (SSSR count). The Hall–Kier alpha value is -3.05. The molecule has 1 unspecified atom stereocenters. The number of benzene rings is 1. The Morgan fingerprint density at radius 2 is 2.00 bits per heavy atom. The summed E-state index contributed by atoms with van der Waals surface area (Å²) >= 11 is 0. The molecule has 0 aliphatic heterocycles. The van der Waals surface area contributed by atoms with Gasteiger partial charge in [-0.15, -0.1) is 0 Å². The predicted molar refractivity (Wildman–Crippen MR) is 83.8 cm³/mol. The summed E-state index contributed by atoms with van der Waals surface area (Å²) in [5, 5.41) is 9.06. The molecule has 118 valence electrons. The van der Waals surface area contributed by atoms with E-state index >= 15 is 0 Å². The van der Waals surface area contributed by atoms with E-state index in [-0.39, 0.29) is 18.6 Å². The van der Waals surface area contributed by atoms with E-state index in [4.69, 9.17) is 10.00 Å². The van der Waals surface area contributed by atoms with Crippen LogP contribution in [0, 0.1) is 29.1 Å². The van der Waals surface area contributed by atoms with Gasteiger partial charge < -0.3 is 9.47 Å². The molecule has 0 aromatic heterocycles. The number of esters is 2. The van der Waals surface area contributed by atoms with Gasteiger partial charge in [-0.3, -0.25) is 4.79 Å². The molecular weight excluding hydrogens is 294 g/mol. The highest BCUT2D eigenvalue weighted by molar-refractivity contribution is 5.90. The first kappa shape index (κ1) is 18.0. The first-order valence-corrected chi connectivity index (χ1v) is 7.02. The van der Waals surface area contributed by atoms with Crippen molar-refractivity contribution >= 4 is 11.9 Å². The fourth-order valence-electron chi connectivity index (χ4n) is 1.70. The zero-order valence-corrected chi connectivity index (χ0v) is 13.0. The monoisotopic (exact) mass is 311 g/mol. The molecule has 1 aromatic carbocycles. The van der Waals surface area contributed by atoms with Crippen LogP contribution in [-0.4, -0.2) is 25.7 Å². The third-order valence-corrected chi connectivity index (χ3v) is 2.84. The number of carbonyl (C=O) groups is 2. The highest BCUT2D eigenvalue weighted by Crippen LogP contribution is 2.14. The minimum absolute atomic E-state index is 0.106. The van der Waals surface area contributed by atoms with Crippen molar-refractivity contribution in [3.05, 3.63) is 47.5 Å². The van der Waals surface area contributed by atoms with Gasteiger partial charge in [0, 0.05) is 17.6 Å². The van der Waals surface area contributed by atoms with E-state index in [2.05, 4.69) is 16.6 Å². The minimum Gasteiger partial charge on any atom is -0.466 e. The van der Waals surface area contributed by atoms with Crippen molar-refractivity contribution in [1.82, 2.24) is 0 Å². The van der Waals surface area contributed by atoms with Gasteiger partial charge in [0.1, 0.15) is 5.92 Å². The van der Waals surface area contributed by atoms with E-state index in [1.165, 1.54) is 13.2 Å². The maximum Gasteiger partial charge on any atom is 0.334 e. The number of allylic oxidation sites excluding steroid dienone is 1. The molecular formula is C18H17NO4. The second-order valence-corrected chi connectivity index (χ2v) is 4.43. The fourth-order valence-corrected chi connectivity index (χ4v) is 1.70. The average Bonchev–Trinajstić information content (AvgIpc) is 2.58. The van der Waals surface area contributed by atoms with E-state index in [1.807, 2.05) is 36.4 Å². The van der Waals surface area contributed by atoms with E-state index in [0.717, 1.165) is 5.56 Å². The van der Waals surface area contributed by atoms with Gasteiger partial charge in [-0.1, -0.05) is 30.0 Å². The maximum atomic E-state index is 11.8. The molecule has 0 bridgehead atoms. The van der Waals surface area contributed by atoms with Crippen molar-refractivity contribution in [2.24, 2.45) is 5.92 Å². The topological polar surface area (TPSA) is 76.4 Å². The molecule has 0 saturated carbocycles. The summed E-state index contributed by atoms with van der Waals surface area (Å²) in [6.07, 6.45) is 1.26. The first-order valence-electron chi connectivity index (χ1n) is 7.02. The lowest BCUT2D eigenvalue weighted by molar-refractivity contribution is -0.146. The molecule has 0 N–H and O–H groups in total. The number of ether oxygens (including phenoxy) is 2. The third-order valence-electron chi connectivity index (χ3n) is 2.84. The molecule has 0 amide bonds. The summed E-state index contributed by atoms with van der Waals surface area (Å²) in [6, 6.07) is 11.1. The number of nitriles is 1. The average molecular weight is 311 g/mol. The molecule has 0 radical (unpaired) electrons. The van der Waals surface area contributed by atoms with Crippen LogP contribution in [0.25, 0.3) is 0 Å². The van der Waals surface area contributed by atoms with Crippen LogP contribution in [-0.2, 0) is 19.1 Å². The largest absolute Gasteiger partial charge is 0.466 e. The van der Waals surface area contributed by atoms with E-state index in [9.17, 15) is 9.59 Å². The van der Waals surface area contributed by atoms with E-state index in [0.29, 0.717) is 0 Å². The number of nitrogens with zero attached hydrogens (tertiary/aromatic N) is 1. The zero-order chi connectivity index (χ0) is 17.1. The van der Waals surface area contributed by atoms with E-state index in [1.54, 1.807) is 6.92 Å². The van der Waals surface area contributed by atoms with Crippen LogP contribution in [0.1, 0.15) is 18.9 Å². The molecule has 0 spiro atoms. The third kappa shape index (κ3) is 6.07. The van der Waals surface area contributed by atoms with Crippen molar-refractivity contribution < 1.29 is 19.1 Å². The summed E-state index contributed by atoms with van der Waals surface area (Å²) in [5.74, 6) is 3.25. The molecule has 0 fully saturated rings. The Labute approximate surface area is 135 Å². The quantitative estimate of drug-likeness (QED) is 0.473. The van der Waals surface area contributed by atoms with Crippen molar-refractivity contribution in [3.63, 3.8) is 0 Å². The van der Waals surface area contributed by atoms with Crippen LogP contribution in [0.5, 0.6) is 0 Å². The van der Waals surface area contributed by atoms with Crippen molar-refractivity contribution in [1.29, 1.82) is 5.26 Å². The molecule has 23 heavy (non-hydrogen) atoms. The predicted octanol–water partition coefficient (Wildman–Crippen LogP) is 2.23. The van der Waals surface area contributed by atoms with Crippen molar-refractivity contribution in [3.8, 4) is 17.9 Å². The first-order chi connectivity index (χ1) is 11.1. The van der Waals surface area contributed by atoms with Gasteiger partial charge in [-0.05, 0) is 25.1 Å². The van der Waals surface area contributed by atoms with Gasteiger partial charge in [0.15, 0.2) is 0 Å². The summed E-state index contributed by atoms with van der Waals surface area (Å²) in [4.78, 5) is 23.4. The highest BCUT2D eigenvalue weighted by Gasteiger charge is 2.24. The SMILES string of the molecule is CCOC(=O)C(C#N)C/C(=C\C#Cc1ccccc1)C(=O)OC. The van der Waals surface area contributed by atoms with Gasteiger partial charge >= 0.3 is 11.9 Å². The molecule has 5 nitrogen and oxygen atoms in total. The Bertz CT molecular complexity index is 674. The highest BCUT2D eigenvalue weighted by atomic mass is 16.5. The molecule has 0 heterocycles. The number of methoxy groups -OCH3 is 1. The standard InChI is InChI=1S/C18H17NO4/c1-3-23-18(21)16(13-19)12-15(17(20)22-2)11-7-10-14-8-5-4-6-9-14/h4-6,8-9,11,16H,3,12H2,1-2H3/b15-11+. The second kappa shape index (κ2) is 9.81. The van der Waals surface area contributed by atoms with Crippen LogP contribution >= 0.6 is 0 Å². The van der Waals surface area contributed by atoms with Crippen LogP contribution < -0.4 is 0 Å². The molecule has 1 atom stereocenters. The Kier molecular flexibility index (Phi) is 7.68. The molecule has 0 aliphatic rings. The van der Waals surface area contributed by atoms with Gasteiger partial charge in [-0.25, -0.2) is 4.79 Å². The van der Waals surface area contributed by atoms with Crippen LogP contribution in [0.3, 0.4) is 0 Å². The molecule has 0 aliphatic carbocycles. The van der Waals surface area contributed by atoms with Gasteiger partial charge in [0.25, 0.3) is 0 Å². The summed E-state index contributed by atoms with van der Waals surface area (Å²) < 4.78 is 9.47. The zero-order valence-electron chi connectivity index (χ0n) is 13.0. The normalized spacial score (nSPS) is 11.4. The lowest BCUT2D eigenvalue weighted by Gasteiger charge is -2.09. The molecule has 5 heteroatoms. The van der Waals surface area contributed by atoms with Crippen molar-refractivity contribution in [2.45, 2.75) is 13.3 Å². The van der Waals surface area contributed by atoms with Crippen LogP contribution in [0.4, 0.5) is 0 Å². The maximum absolute atomic E-state index is 11.8. The minimum atomic E-state index is -1.07. The number of hydrogen-bond acceptors (Lipinski definition) is 5. The Balaban J connectivity index is 2.95. The number of hydrogen-bond donors (Lipinski definition) is 0. The van der Waals surface area contributed by atoms with E-state index < -0.39 is 17.9 Å². The lowest BCUT2D eigenvalue weighted by Crippen LogP contribution is -2.19. The van der Waals surface area contributed by atoms with Crippen LogP contribution in [0.15, 0.2) is 42.0 Å².